The van der Waals surface area contributed by atoms with Crippen molar-refractivity contribution in [3.8, 4) is 0 Å². The van der Waals surface area contributed by atoms with E-state index >= 15 is 0 Å². The Kier molecular flexibility index (Phi) is 4.59. The second-order valence-electron chi connectivity index (χ2n) is 9.35. The van der Waals surface area contributed by atoms with Gasteiger partial charge in [0.1, 0.15) is 11.1 Å². The van der Waals surface area contributed by atoms with E-state index in [1.165, 1.54) is 16.0 Å². The van der Waals surface area contributed by atoms with Crippen molar-refractivity contribution in [2.24, 2.45) is 0 Å². The number of amides is 4. The zero-order valence-corrected chi connectivity index (χ0v) is 17.6. The summed E-state index contributed by atoms with van der Waals surface area (Å²) in [6.07, 6.45) is 1.92. The Hall–Kier alpha value is -2.57. The van der Waals surface area contributed by atoms with Crippen LogP contribution in [0.3, 0.4) is 0 Å². The van der Waals surface area contributed by atoms with Gasteiger partial charge in [-0.05, 0) is 57.6 Å². The summed E-state index contributed by atoms with van der Waals surface area (Å²) in [4.78, 5) is 43.6. The summed E-state index contributed by atoms with van der Waals surface area (Å²) in [5.74, 6) is -0.119. The van der Waals surface area contributed by atoms with Gasteiger partial charge < -0.3 is 14.5 Å². The third-order valence-electron chi connectivity index (χ3n) is 6.39. The molecule has 0 atom stereocenters. The van der Waals surface area contributed by atoms with Crippen molar-refractivity contribution < 1.29 is 19.1 Å². The lowest BCUT2D eigenvalue weighted by molar-refractivity contribution is -0.136. The molecule has 7 nitrogen and oxygen atoms in total. The zero-order valence-electron chi connectivity index (χ0n) is 17.6. The molecular formula is C22H29N3O4. The number of benzene rings is 1. The quantitative estimate of drug-likeness (QED) is 0.681. The normalized spacial score (nSPS) is 21.9. The van der Waals surface area contributed by atoms with Crippen LogP contribution in [0.25, 0.3) is 0 Å². The molecule has 1 aromatic rings. The summed E-state index contributed by atoms with van der Waals surface area (Å²) < 4.78 is 5.45. The van der Waals surface area contributed by atoms with Gasteiger partial charge in [0, 0.05) is 26.2 Å². The summed E-state index contributed by atoms with van der Waals surface area (Å²) in [5.41, 5.74) is 1.00. The first-order chi connectivity index (χ1) is 13.6. The van der Waals surface area contributed by atoms with Crippen molar-refractivity contribution in [2.45, 2.75) is 63.6 Å². The predicted molar refractivity (Wildman–Crippen MR) is 107 cm³/mol. The van der Waals surface area contributed by atoms with Crippen molar-refractivity contribution in [2.75, 3.05) is 20.1 Å². The summed E-state index contributed by atoms with van der Waals surface area (Å²) in [6, 6.07) is 7.78. The van der Waals surface area contributed by atoms with E-state index in [9.17, 15) is 14.4 Å². The highest BCUT2D eigenvalue weighted by atomic mass is 16.6. The van der Waals surface area contributed by atoms with Crippen molar-refractivity contribution >= 4 is 18.0 Å². The SMILES string of the molecule is CN1C(=O)N(C2Cc3ccccc3C2)C(=O)C12CCN(C(=O)OC(C)(C)C)CC2. The van der Waals surface area contributed by atoms with E-state index in [0.29, 0.717) is 38.8 Å². The first-order valence-electron chi connectivity index (χ1n) is 10.3. The van der Waals surface area contributed by atoms with Crippen LogP contribution < -0.4 is 0 Å². The van der Waals surface area contributed by atoms with Crippen LogP contribution in [0.4, 0.5) is 9.59 Å². The highest BCUT2D eigenvalue weighted by molar-refractivity contribution is 6.07. The lowest BCUT2D eigenvalue weighted by Crippen LogP contribution is -2.57. The summed E-state index contributed by atoms with van der Waals surface area (Å²) in [7, 11) is 1.71. The second-order valence-corrected chi connectivity index (χ2v) is 9.35. The van der Waals surface area contributed by atoms with Crippen molar-refractivity contribution in [3.63, 3.8) is 0 Å². The Bertz CT molecular complexity index is 827. The van der Waals surface area contributed by atoms with Crippen LogP contribution in [0.2, 0.25) is 0 Å². The maximum absolute atomic E-state index is 13.5. The molecule has 0 bridgehead atoms. The lowest BCUT2D eigenvalue weighted by atomic mass is 9.86. The van der Waals surface area contributed by atoms with Crippen molar-refractivity contribution in [1.82, 2.24) is 14.7 Å². The standard InChI is InChI=1S/C22H29N3O4/c1-21(2,3)29-20(28)24-11-9-22(10-12-24)18(26)25(19(27)23(22)4)17-13-15-7-5-6-8-16(15)14-17/h5-8,17H,9-14H2,1-4H3. The third-order valence-corrected chi connectivity index (χ3v) is 6.39. The number of hydrogen-bond acceptors (Lipinski definition) is 4. The molecule has 29 heavy (non-hydrogen) atoms. The minimum atomic E-state index is -0.857. The number of nitrogens with zero attached hydrogens (tertiary/aromatic N) is 3. The van der Waals surface area contributed by atoms with E-state index in [4.69, 9.17) is 4.74 Å². The number of carbonyl (C=O) groups excluding carboxylic acids is 3. The Morgan fingerprint density at radius 1 is 1.07 bits per heavy atom. The molecule has 0 N–H and O–H groups in total. The predicted octanol–water partition coefficient (Wildman–Crippen LogP) is 2.82. The summed E-state index contributed by atoms with van der Waals surface area (Å²) in [5, 5.41) is 0. The average molecular weight is 399 g/mol. The molecule has 2 heterocycles. The number of hydrogen-bond donors (Lipinski definition) is 0. The monoisotopic (exact) mass is 399 g/mol. The smallest absolute Gasteiger partial charge is 0.410 e. The number of urea groups is 1. The molecule has 1 spiro atoms. The highest BCUT2D eigenvalue weighted by Crippen LogP contribution is 2.39. The number of imide groups is 1. The van der Waals surface area contributed by atoms with E-state index in [-0.39, 0.29) is 24.1 Å². The first-order valence-corrected chi connectivity index (χ1v) is 10.3. The number of likely N-dealkylation sites (tertiary alicyclic amines) is 1. The zero-order chi connectivity index (χ0) is 21.0. The molecule has 0 radical (unpaired) electrons. The van der Waals surface area contributed by atoms with Crippen LogP contribution in [-0.2, 0) is 22.4 Å². The molecule has 156 valence electrons. The van der Waals surface area contributed by atoms with Crippen LogP contribution in [0.5, 0.6) is 0 Å². The van der Waals surface area contributed by atoms with Crippen LogP contribution in [0.15, 0.2) is 24.3 Å². The van der Waals surface area contributed by atoms with Crippen LogP contribution in [0, 0.1) is 0 Å². The topological polar surface area (TPSA) is 70.2 Å². The van der Waals surface area contributed by atoms with Crippen molar-refractivity contribution in [1.29, 1.82) is 0 Å². The van der Waals surface area contributed by atoms with E-state index in [1.807, 2.05) is 32.9 Å². The molecule has 2 saturated heterocycles. The number of likely N-dealkylation sites (N-methyl/N-ethyl adjacent to an activating group) is 1. The van der Waals surface area contributed by atoms with Gasteiger partial charge in [-0.3, -0.25) is 9.69 Å². The molecule has 0 aromatic heterocycles. The summed E-state index contributed by atoms with van der Waals surface area (Å²) >= 11 is 0. The van der Waals surface area contributed by atoms with E-state index in [1.54, 1.807) is 16.8 Å². The average Bonchev–Trinajstić information content (AvgIpc) is 3.15. The van der Waals surface area contributed by atoms with Gasteiger partial charge in [-0.2, -0.15) is 0 Å². The second kappa shape index (κ2) is 6.75. The molecule has 1 aromatic carbocycles. The van der Waals surface area contributed by atoms with Gasteiger partial charge in [0.05, 0.1) is 0 Å². The number of rotatable bonds is 1. The fourth-order valence-corrected chi connectivity index (χ4v) is 4.77. The largest absolute Gasteiger partial charge is 0.444 e. The van der Waals surface area contributed by atoms with Gasteiger partial charge in [-0.25, -0.2) is 9.59 Å². The molecule has 0 saturated carbocycles. The maximum atomic E-state index is 13.5. The molecular weight excluding hydrogens is 370 g/mol. The van der Waals surface area contributed by atoms with Crippen molar-refractivity contribution in [3.05, 3.63) is 35.4 Å². The van der Waals surface area contributed by atoms with Crippen LogP contribution >= 0.6 is 0 Å². The first kappa shape index (κ1) is 19.7. The fraction of sp³-hybridized carbons (Fsp3) is 0.591. The van der Waals surface area contributed by atoms with Crippen LogP contribution in [-0.4, -0.2) is 70.1 Å². The number of carbonyl (C=O) groups is 3. The minimum Gasteiger partial charge on any atom is -0.444 e. The molecule has 4 amide bonds. The van der Waals surface area contributed by atoms with E-state index in [0.717, 1.165) is 0 Å². The van der Waals surface area contributed by atoms with Gasteiger partial charge in [0.2, 0.25) is 0 Å². The number of fused-ring (bicyclic) bond motifs is 1. The number of ether oxygens (including phenoxy) is 1. The molecule has 7 heteroatoms. The van der Waals surface area contributed by atoms with E-state index in [2.05, 4.69) is 12.1 Å². The summed E-state index contributed by atoms with van der Waals surface area (Å²) in [6.45, 7) is 6.30. The Morgan fingerprint density at radius 2 is 1.62 bits per heavy atom. The van der Waals surface area contributed by atoms with E-state index < -0.39 is 11.1 Å². The van der Waals surface area contributed by atoms with Gasteiger partial charge in [0.15, 0.2) is 0 Å². The van der Waals surface area contributed by atoms with Gasteiger partial charge in [0.25, 0.3) is 5.91 Å². The maximum Gasteiger partial charge on any atom is 0.410 e. The fourth-order valence-electron chi connectivity index (χ4n) is 4.77. The molecule has 3 aliphatic rings. The minimum absolute atomic E-state index is 0.119. The van der Waals surface area contributed by atoms with Gasteiger partial charge in [-0.15, -0.1) is 0 Å². The number of piperidine rings is 1. The molecule has 4 rings (SSSR count). The van der Waals surface area contributed by atoms with Crippen LogP contribution in [0.1, 0.15) is 44.7 Å². The Morgan fingerprint density at radius 3 is 2.14 bits per heavy atom. The van der Waals surface area contributed by atoms with Gasteiger partial charge >= 0.3 is 12.1 Å². The molecule has 2 aliphatic heterocycles. The van der Waals surface area contributed by atoms with Gasteiger partial charge in [-0.1, -0.05) is 24.3 Å². The Labute approximate surface area is 171 Å². The molecule has 1 aliphatic carbocycles. The molecule has 0 unspecified atom stereocenters. The lowest BCUT2D eigenvalue weighted by Gasteiger charge is -2.41. The highest BCUT2D eigenvalue weighted by Gasteiger charge is 2.58. The molecule has 2 fully saturated rings. The third kappa shape index (κ3) is 3.26. The Balaban J connectivity index is 1.48.